The number of ether oxygens (including phenoxy) is 1. The summed E-state index contributed by atoms with van der Waals surface area (Å²) in [6, 6.07) is 8.35. The molecule has 2 rings (SSSR count). The Labute approximate surface area is 102 Å². The minimum atomic E-state index is -0.223. The quantitative estimate of drug-likeness (QED) is 0.442. The number of aryl methyl sites for hydroxylation is 1. The first-order chi connectivity index (χ1) is 8.31. The predicted octanol–water partition coefficient (Wildman–Crippen LogP) is 3.36. The maximum Gasteiger partial charge on any atom is 0.331 e. The van der Waals surface area contributed by atoms with Gasteiger partial charge in [-0.3, -0.25) is 0 Å². The number of benzene rings is 1. The smallest absolute Gasteiger partial charge is 0.331 e. The average Bonchev–Trinajstić information content (AvgIpc) is 2.53. The maximum atomic E-state index is 11.5. The van der Waals surface area contributed by atoms with Crippen molar-refractivity contribution in [2.75, 3.05) is 6.61 Å². The van der Waals surface area contributed by atoms with Crippen molar-refractivity contribution in [2.45, 2.75) is 32.6 Å². The van der Waals surface area contributed by atoms with E-state index in [0.717, 1.165) is 24.8 Å². The van der Waals surface area contributed by atoms with Crippen molar-refractivity contribution in [2.24, 2.45) is 0 Å². The van der Waals surface area contributed by atoms with E-state index in [-0.39, 0.29) is 5.97 Å². The molecule has 0 saturated carbocycles. The number of fused-ring (bicyclic) bond motifs is 1. The molecule has 17 heavy (non-hydrogen) atoms. The monoisotopic (exact) mass is 230 g/mol. The Hall–Kier alpha value is -1.57. The van der Waals surface area contributed by atoms with Crippen LogP contribution in [0.3, 0.4) is 0 Å². The Bertz CT molecular complexity index is 432. The summed E-state index contributed by atoms with van der Waals surface area (Å²) in [5, 5.41) is 0. The molecule has 0 saturated heterocycles. The number of allylic oxidation sites excluding steroid dienone is 1. The number of hydrogen-bond donors (Lipinski definition) is 0. The molecule has 0 amide bonds. The van der Waals surface area contributed by atoms with E-state index in [1.807, 2.05) is 13.0 Å². The number of hydrogen-bond acceptors (Lipinski definition) is 2. The van der Waals surface area contributed by atoms with E-state index in [0.29, 0.717) is 6.61 Å². The van der Waals surface area contributed by atoms with Gasteiger partial charge in [0.25, 0.3) is 0 Å². The number of carbonyl (C=O) groups excluding carboxylic acids is 1. The van der Waals surface area contributed by atoms with E-state index >= 15 is 0 Å². The van der Waals surface area contributed by atoms with Crippen LogP contribution in [0.25, 0.3) is 5.57 Å². The second-order valence-electron chi connectivity index (χ2n) is 4.29. The lowest BCUT2D eigenvalue weighted by molar-refractivity contribution is -0.137. The van der Waals surface area contributed by atoms with Gasteiger partial charge in [0.1, 0.15) is 0 Å². The minimum Gasteiger partial charge on any atom is -0.463 e. The zero-order valence-electron chi connectivity index (χ0n) is 10.2. The van der Waals surface area contributed by atoms with E-state index in [9.17, 15) is 4.79 Å². The van der Waals surface area contributed by atoms with Crippen LogP contribution in [0.2, 0.25) is 0 Å². The third-order valence-corrected chi connectivity index (χ3v) is 3.08. The van der Waals surface area contributed by atoms with Crippen LogP contribution < -0.4 is 0 Å². The summed E-state index contributed by atoms with van der Waals surface area (Å²) in [5.41, 5.74) is 3.69. The summed E-state index contributed by atoms with van der Waals surface area (Å²) in [6.07, 6.45) is 6.07. The van der Waals surface area contributed by atoms with Crippen LogP contribution in [0, 0.1) is 0 Å². The highest BCUT2D eigenvalue weighted by Crippen LogP contribution is 2.29. The van der Waals surface area contributed by atoms with Gasteiger partial charge in [-0.1, -0.05) is 24.3 Å². The van der Waals surface area contributed by atoms with Crippen molar-refractivity contribution >= 4 is 11.5 Å². The average molecular weight is 230 g/mol. The summed E-state index contributed by atoms with van der Waals surface area (Å²) >= 11 is 0. The molecule has 0 aromatic heterocycles. The summed E-state index contributed by atoms with van der Waals surface area (Å²) in [4.78, 5) is 11.5. The first-order valence-corrected chi connectivity index (χ1v) is 6.27. The lowest BCUT2D eigenvalue weighted by Gasteiger charge is -2.08. The molecule has 0 radical (unpaired) electrons. The van der Waals surface area contributed by atoms with Gasteiger partial charge in [0, 0.05) is 6.08 Å². The molecule has 1 aromatic rings. The Morgan fingerprint density at radius 1 is 1.29 bits per heavy atom. The van der Waals surface area contributed by atoms with E-state index in [4.69, 9.17) is 4.74 Å². The molecule has 2 nitrogen and oxygen atoms in total. The van der Waals surface area contributed by atoms with Crippen LogP contribution >= 0.6 is 0 Å². The van der Waals surface area contributed by atoms with Crippen molar-refractivity contribution in [3.05, 3.63) is 41.5 Å². The summed E-state index contributed by atoms with van der Waals surface area (Å²) in [6.45, 7) is 2.27. The summed E-state index contributed by atoms with van der Waals surface area (Å²) in [5.74, 6) is -0.223. The van der Waals surface area contributed by atoms with E-state index < -0.39 is 0 Å². The Balaban J connectivity index is 2.31. The van der Waals surface area contributed by atoms with Gasteiger partial charge < -0.3 is 4.74 Å². The predicted molar refractivity (Wildman–Crippen MR) is 68.6 cm³/mol. The molecule has 0 spiro atoms. The van der Waals surface area contributed by atoms with Gasteiger partial charge in [0.2, 0.25) is 0 Å². The first kappa shape index (κ1) is 11.9. The molecule has 1 aliphatic carbocycles. The van der Waals surface area contributed by atoms with Crippen LogP contribution in [0.4, 0.5) is 0 Å². The fraction of sp³-hybridized carbons (Fsp3) is 0.400. The Kier molecular flexibility index (Phi) is 3.97. The molecule has 0 bridgehead atoms. The van der Waals surface area contributed by atoms with Crippen molar-refractivity contribution in [3.8, 4) is 0 Å². The molecular weight excluding hydrogens is 212 g/mol. The highest BCUT2D eigenvalue weighted by molar-refractivity contribution is 5.92. The topological polar surface area (TPSA) is 26.3 Å². The van der Waals surface area contributed by atoms with Crippen molar-refractivity contribution in [1.29, 1.82) is 0 Å². The highest BCUT2D eigenvalue weighted by Gasteiger charge is 2.13. The van der Waals surface area contributed by atoms with Gasteiger partial charge in [0.15, 0.2) is 0 Å². The van der Waals surface area contributed by atoms with Crippen LogP contribution in [0.1, 0.15) is 37.3 Å². The molecule has 0 heterocycles. The summed E-state index contributed by atoms with van der Waals surface area (Å²) < 4.78 is 4.99. The van der Waals surface area contributed by atoms with Gasteiger partial charge in [-0.05, 0) is 49.3 Å². The van der Waals surface area contributed by atoms with E-state index in [1.54, 1.807) is 6.08 Å². The minimum absolute atomic E-state index is 0.223. The summed E-state index contributed by atoms with van der Waals surface area (Å²) in [7, 11) is 0. The molecule has 1 aromatic carbocycles. The lowest BCUT2D eigenvalue weighted by Crippen LogP contribution is -2.01. The standard InChI is InChI=1S/C15H18O2/c1-2-17-15(16)11-13-9-4-3-7-12-8-5-6-10-14(12)13/h5-6,8,10-11H,2-4,7,9H2,1H3/b13-11+. The molecule has 0 atom stereocenters. The molecule has 0 unspecified atom stereocenters. The molecular formula is C15H18O2. The molecule has 90 valence electrons. The number of esters is 1. The van der Waals surface area contributed by atoms with E-state index in [2.05, 4.69) is 18.2 Å². The Morgan fingerprint density at radius 3 is 2.88 bits per heavy atom. The van der Waals surface area contributed by atoms with Crippen molar-refractivity contribution in [1.82, 2.24) is 0 Å². The first-order valence-electron chi connectivity index (χ1n) is 6.27. The fourth-order valence-corrected chi connectivity index (χ4v) is 2.29. The zero-order chi connectivity index (χ0) is 12.1. The molecule has 0 aliphatic heterocycles. The second-order valence-corrected chi connectivity index (χ2v) is 4.29. The van der Waals surface area contributed by atoms with Gasteiger partial charge in [-0.2, -0.15) is 0 Å². The highest BCUT2D eigenvalue weighted by atomic mass is 16.5. The zero-order valence-corrected chi connectivity index (χ0v) is 10.2. The fourth-order valence-electron chi connectivity index (χ4n) is 2.29. The van der Waals surface area contributed by atoms with Crippen LogP contribution in [-0.4, -0.2) is 12.6 Å². The lowest BCUT2D eigenvalue weighted by atomic mass is 9.98. The third-order valence-electron chi connectivity index (χ3n) is 3.08. The largest absolute Gasteiger partial charge is 0.463 e. The molecule has 0 N–H and O–H groups in total. The molecule has 0 fully saturated rings. The van der Waals surface area contributed by atoms with Gasteiger partial charge in [-0.15, -0.1) is 0 Å². The van der Waals surface area contributed by atoms with Crippen LogP contribution in [0.15, 0.2) is 30.3 Å². The second kappa shape index (κ2) is 5.67. The third kappa shape index (κ3) is 2.96. The normalized spacial score (nSPS) is 17.4. The molecule has 1 aliphatic rings. The van der Waals surface area contributed by atoms with Gasteiger partial charge in [0.05, 0.1) is 6.61 Å². The Morgan fingerprint density at radius 2 is 2.06 bits per heavy atom. The maximum absolute atomic E-state index is 11.5. The van der Waals surface area contributed by atoms with E-state index in [1.165, 1.54) is 17.5 Å². The van der Waals surface area contributed by atoms with Gasteiger partial charge >= 0.3 is 5.97 Å². The SMILES string of the molecule is CCOC(=O)/C=C1\CCCCc2ccccc21. The molecule has 2 heteroatoms. The van der Waals surface area contributed by atoms with Crippen molar-refractivity contribution < 1.29 is 9.53 Å². The van der Waals surface area contributed by atoms with Crippen molar-refractivity contribution in [3.63, 3.8) is 0 Å². The van der Waals surface area contributed by atoms with Gasteiger partial charge in [-0.25, -0.2) is 4.79 Å². The number of carbonyl (C=O) groups is 1. The number of rotatable bonds is 2. The van der Waals surface area contributed by atoms with Crippen LogP contribution in [0.5, 0.6) is 0 Å². The van der Waals surface area contributed by atoms with Crippen LogP contribution in [-0.2, 0) is 16.0 Å².